The second kappa shape index (κ2) is 6.10. The van der Waals surface area contributed by atoms with E-state index in [9.17, 15) is 0 Å². The third-order valence-electron chi connectivity index (χ3n) is 2.55. The van der Waals surface area contributed by atoms with E-state index in [0.717, 1.165) is 18.0 Å². The van der Waals surface area contributed by atoms with Crippen molar-refractivity contribution in [1.82, 2.24) is 0 Å². The van der Waals surface area contributed by atoms with Gasteiger partial charge in [0.25, 0.3) is 0 Å². The first-order valence-electron chi connectivity index (χ1n) is 6.28. The van der Waals surface area contributed by atoms with Crippen LogP contribution in [-0.2, 0) is 6.54 Å². The zero-order chi connectivity index (χ0) is 12.8. The van der Waals surface area contributed by atoms with Crippen molar-refractivity contribution in [3.63, 3.8) is 0 Å². The Morgan fingerprint density at radius 1 is 1.00 bits per heavy atom. The van der Waals surface area contributed by atoms with Crippen molar-refractivity contribution in [3.8, 4) is 5.75 Å². The molecule has 0 bridgehead atoms. The number of benzene rings is 2. The monoisotopic (exact) mass is 241 g/mol. The second-order valence-electron chi connectivity index (χ2n) is 4.53. The highest BCUT2D eigenvalue weighted by Crippen LogP contribution is 2.19. The quantitative estimate of drug-likeness (QED) is 0.851. The van der Waals surface area contributed by atoms with Gasteiger partial charge in [-0.15, -0.1) is 0 Å². The minimum absolute atomic E-state index is 0.203. The normalized spacial score (nSPS) is 10.4. The van der Waals surface area contributed by atoms with Crippen molar-refractivity contribution in [1.29, 1.82) is 0 Å². The maximum absolute atomic E-state index is 5.67. The van der Waals surface area contributed by atoms with Gasteiger partial charge in [0.2, 0.25) is 0 Å². The fraction of sp³-hybridized carbons (Fsp3) is 0.250. The SMILES string of the molecule is CC(C)Oc1cccc(NCc2ccccc2)c1. The molecule has 0 aliphatic heterocycles. The molecule has 2 nitrogen and oxygen atoms in total. The Kier molecular flexibility index (Phi) is 4.24. The van der Waals surface area contributed by atoms with E-state index >= 15 is 0 Å². The van der Waals surface area contributed by atoms with E-state index in [2.05, 4.69) is 35.6 Å². The maximum Gasteiger partial charge on any atom is 0.121 e. The first kappa shape index (κ1) is 12.5. The Balaban J connectivity index is 1.97. The molecule has 0 aliphatic rings. The fourth-order valence-corrected chi connectivity index (χ4v) is 1.75. The minimum Gasteiger partial charge on any atom is -0.491 e. The molecule has 0 fully saturated rings. The summed E-state index contributed by atoms with van der Waals surface area (Å²) in [6.07, 6.45) is 0.203. The van der Waals surface area contributed by atoms with Crippen LogP contribution in [-0.4, -0.2) is 6.10 Å². The molecule has 0 unspecified atom stereocenters. The van der Waals surface area contributed by atoms with Crippen LogP contribution in [0.4, 0.5) is 5.69 Å². The zero-order valence-electron chi connectivity index (χ0n) is 10.9. The molecule has 0 atom stereocenters. The number of anilines is 1. The van der Waals surface area contributed by atoms with Crippen LogP contribution in [0.5, 0.6) is 5.75 Å². The average molecular weight is 241 g/mol. The lowest BCUT2D eigenvalue weighted by atomic mass is 10.2. The number of hydrogen-bond donors (Lipinski definition) is 1. The first-order chi connectivity index (χ1) is 8.74. The lowest BCUT2D eigenvalue weighted by molar-refractivity contribution is 0.242. The highest BCUT2D eigenvalue weighted by atomic mass is 16.5. The van der Waals surface area contributed by atoms with Gasteiger partial charge >= 0.3 is 0 Å². The highest BCUT2D eigenvalue weighted by Gasteiger charge is 1.99. The molecule has 0 heterocycles. The van der Waals surface area contributed by atoms with Crippen molar-refractivity contribution >= 4 is 5.69 Å². The van der Waals surface area contributed by atoms with Crippen LogP contribution in [0.1, 0.15) is 19.4 Å². The van der Waals surface area contributed by atoms with Crippen molar-refractivity contribution < 1.29 is 4.74 Å². The third kappa shape index (κ3) is 3.81. The van der Waals surface area contributed by atoms with Gasteiger partial charge in [-0.25, -0.2) is 0 Å². The van der Waals surface area contributed by atoms with Crippen LogP contribution >= 0.6 is 0 Å². The topological polar surface area (TPSA) is 21.3 Å². The van der Waals surface area contributed by atoms with Crippen LogP contribution < -0.4 is 10.1 Å². The molecule has 94 valence electrons. The fourth-order valence-electron chi connectivity index (χ4n) is 1.75. The van der Waals surface area contributed by atoms with E-state index in [0.29, 0.717) is 0 Å². The van der Waals surface area contributed by atoms with E-state index in [-0.39, 0.29) is 6.10 Å². The molecule has 1 N–H and O–H groups in total. The Morgan fingerprint density at radius 2 is 1.78 bits per heavy atom. The van der Waals surface area contributed by atoms with Gasteiger partial charge < -0.3 is 10.1 Å². The summed E-state index contributed by atoms with van der Waals surface area (Å²) in [7, 11) is 0. The molecule has 0 aliphatic carbocycles. The van der Waals surface area contributed by atoms with E-state index in [1.54, 1.807) is 0 Å². The molecular weight excluding hydrogens is 222 g/mol. The molecule has 0 saturated carbocycles. The van der Waals surface area contributed by atoms with Gasteiger partial charge in [0.05, 0.1) is 6.10 Å². The standard InChI is InChI=1S/C16H19NO/c1-13(2)18-16-10-6-9-15(11-16)17-12-14-7-4-3-5-8-14/h3-11,13,17H,12H2,1-2H3. The summed E-state index contributed by atoms with van der Waals surface area (Å²) in [4.78, 5) is 0. The summed E-state index contributed by atoms with van der Waals surface area (Å²) in [6, 6.07) is 18.4. The predicted octanol–water partition coefficient (Wildman–Crippen LogP) is 4.09. The number of ether oxygens (including phenoxy) is 1. The molecule has 0 saturated heterocycles. The Morgan fingerprint density at radius 3 is 2.50 bits per heavy atom. The second-order valence-corrected chi connectivity index (χ2v) is 4.53. The molecular formula is C16H19NO. The van der Waals surface area contributed by atoms with Crippen molar-refractivity contribution in [2.24, 2.45) is 0 Å². The molecule has 2 aromatic rings. The van der Waals surface area contributed by atoms with Gasteiger partial charge in [-0.3, -0.25) is 0 Å². The van der Waals surface area contributed by atoms with E-state index in [1.165, 1.54) is 5.56 Å². The van der Waals surface area contributed by atoms with Gasteiger partial charge in [-0.05, 0) is 31.5 Å². The first-order valence-corrected chi connectivity index (χ1v) is 6.28. The molecule has 2 aromatic carbocycles. The molecule has 0 aromatic heterocycles. The molecule has 0 spiro atoms. The number of hydrogen-bond acceptors (Lipinski definition) is 2. The van der Waals surface area contributed by atoms with Crippen molar-refractivity contribution in [2.45, 2.75) is 26.5 Å². The third-order valence-corrected chi connectivity index (χ3v) is 2.55. The van der Waals surface area contributed by atoms with Gasteiger partial charge in [0.1, 0.15) is 5.75 Å². The van der Waals surface area contributed by atoms with Gasteiger partial charge in [0.15, 0.2) is 0 Å². The summed E-state index contributed by atoms with van der Waals surface area (Å²) >= 11 is 0. The molecule has 2 rings (SSSR count). The van der Waals surface area contributed by atoms with Crippen molar-refractivity contribution in [2.75, 3.05) is 5.32 Å². The lowest BCUT2D eigenvalue weighted by Gasteiger charge is -2.12. The molecule has 0 radical (unpaired) electrons. The van der Waals surface area contributed by atoms with E-state index in [1.807, 2.05) is 38.1 Å². The zero-order valence-corrected chi connectivity index (χ0v) is 10.9. The van der Waals surface area contributed by atoms with Gasteiger partial charge in [0, 0.05) is 18.3 Å². The molecule has 2 heteroatoms. The average Bonchev–Trinajstić information content (AvgIpc) is 2.37. The van der Waals surface area contributed by atoms with Crippen LogP contribution in [0.3, 0.4) is 0 Å². The summed E-state index contributed by atoms with van der Waals surface area (Å²) in [5.41, 5.74) is 2.35. The largest absolute Gasteiger partial charge is 0.491 e. The van der Waals surface area contributed by atoms with Crippen LogP contribution in [0.2, 0.25) is 0 Å². The van der Waals surface area contributed by atoms with Crippen molar-refractivity contribution in [3.05, 3.63) is 60.2 Å². The van der Waals surface area contributed by atoms with Crippen LogP contribution in [0, 0.1) is 0 Å². The highest BCUT2D eigenvalue weighted by molar-refractivity contribution is 5.48. The number of rotatable bonds is 5. The Hall–Kier alpha value is -1.96. The summed E-state index contributed by atoms with van der Waals surface area (Å²) in [6.45, 7) is 4.89. The van der Waals surface area contributed by atoms with Crippen LogP contribution in [0.15, 0.2) is 54.6 Å². The van der Waals surface area contributed by atoms with Crippen LogP contribution in [0.25, 0.3) is 0 Å². The Bertz CT molecular complexity index is 479. The summed E-state index contributed by atoms with van der Waals surface area (Å²) in [5, 5.41) is 3.39. The Labute approximate surface area is 109 Å². The predicted molar refractivity (Wildman–Crippen MR) is 76.0 cm³/mol. The van der Waals surface area contributed by atoms with Gasteiger partial charge in [-0.1, -0.05) is 36.4 Å². The van der Waals surface area contributed by atoms with E-state index in [4.69, 9.17) is 4.74 Å². The molecule has 18 heavy (non-hydrogen) atoms. The molecule has 0 amide bonds. The maximum atomic E-state index is 5.67. The number of nitrogens with one attached hydrogen (secondary N) is 1. The summed E-state index contributed by atoms with van der Waals surface area (Å²) < 4.78 is 5.67. The minimum atomic E-state index is 0.203. The summed E-state index contributed by atoms with van der Waals surface area (Å²) in [5.74, 6) is 0.906. The van der Waals surface area contributed by atoms with E-state index < -0.39 is 0 Å². The van der Waals surface area contributed by atoms with Gasteiger partial charge in [-0.2, -0.15) is 0 Å². The lowest BCUT2D eigenvalue weighted by Crippen LogP contribution is -2.06. The smallest absolute Gasteiger partial charge is 0.121 e.